The number of para-hydroxylation sites is 1. The van der Waals surface area contributed by atoms with E-state index in [0.29, 0.717) is 34.6 Å². The summed E-state index contributed by atoms with van der Waals surface area (Å²) in [6.07, 6.45) is 3.92. The molecule has 0 spiro atoms. The Morgan fingerprint density at radius 2 is 1.73 bits per heavy atom. The summed E-state index contributed by atoms with van der Waals surface area (Å²) in [5, 5.41) is 23.7. The highest BCUT2D eigenvalue weighted by Gasteiger charge is 2.53. The molecular weight excluding hydrogens is 416 g/mol. The van der Waals surface area contributed by atoms with Crippen molar-refractivity contribution in [3.05, 3.63) is 102 Å². The molecule has 0 aromatic heterocycles. The fourth-order valence-corrected chi connectivity index (χ4v) is 4.09. The maximum absolute atomic E-state index is 13.6. The van der Waals surface area contributed by atoms with Crippen molar-refractivity contribution >= 4 is 28.9 Å². The van der Waals surface area contributed by atoms with Gasteiger partial charge >= 0.3 is 0 Å². The van der Waals surface area contributed by atoms with Gasteiger partial charge in [-0.2, -0.15) is 0 Å². The van der Waals surface area contributed by atoms with Gasteiger partial charge in [-0.05, 0) is 48.9 Å². The van der Waals surface area contributed by atoms with Crippen LogP contribution in [0.2, 0.25) is 0 Å². The van der Waals surface area contributed by atoms with E-state index in [1.807, 2.05) is 36.4 Å². The molecule has 0 radical (unpaired) electrons. The molecule has 2 atom stereocenters. The highest BCUT2D eigenvalue weighted by molar-refractivity contribution is 6.13. The van der Waals surface area contributed by atoms with Crippen molar-refractivity contribution in [2.24, 2.45) is 5.92 Å². The van der Waals surface area contributed by atoms with Crippen molar-refractivity contribution in [1.29, 1.82) is 0 Å². The standard InChI is InChI=1S/C27H26N2O4/c1-19(10-8-9-17-30)27(33)23-18-21(28-25(31)20-11-4-2-5-12-20)15-16-24(23)29(26(27)32)22-13-6-3-7-14-22/h2-8,10-16,18-19,30,33H,9,17H2,1H3,(H,28,31)/b10-8+/t19-,27+/m0/s1. The zero-order valence-corrected chi connectivity index (χ0v) is 18.3. The van der Waals surface area contributed by atoms with Gasteiger partial charge in [-0.15, -0.1) is 0 Å². The van der Waals surface area contributed by atoms with Gasteiger partial charge in [-0.25, -0.2) is 0 Å². The van der Waals surface area contributed by atoms with E-state index in [4.69, 9.17) is 5.11 Å². The number of aliphatic hydroxyl groups excluding tert-OH is 1. The third-order valence-corrected chi connectivity index (χ3v) is 5.86. The number of hydrogen-bond donors (Lipinski definition) is 3. The molecule has 0 saturated heterocycles. The second-order valence-corrected chi connectivity index (χ2v) is 8.02. The first-order valence-electron chi connectivity index (χ1n) is 10.9. The fourth-order valence-electron chi connectivity index (χ4n) is 4.09. The van der Waals surface area contributed by atoms with E-state index in [-0.39, 0.29) is 12.5 Å². The Hall–Kier alpha value is -3.74. The normalized spacial score (nSPS) is 18.4. The Morgan fingerprint density at radius 1 is 1.06 bits per heavy atom. The fraction of sp³-hybridized carbons (Fsp3) is 0.185. The third-order valence-electron chi connectivity index (χ3n) is 5.86. The van der Waals surface area contributed by atoms with Crippen LogP contribution >= 0.6 is 0 Å². The van der Waals surface area contributed by atoms with E-state index >= 15 is 0 Å². The smallest absolute Gasteiger partial charge is 0.268 e. The van der Waals surface area contributed by atoms with Crippen LogP contribution in [0.15, 0.2) is 91.0 Å². The van der Waals surface area contributed by atoms with Crippen molar-refractivity contribution in [3.63, 3.8) is 0 Å². The molecule has 6 heteroatoms. The molecule has 168 valence electrons. The van der Waals surface area contributed by atoms with Gasteiger partial charge in [0.1, 0.15) is 0 Å². The lowest BCUT2D eigenvalue weighted by atomic mass is 9.82. The summed E-state index contributed by atoms with van der Waals surface area (Å²) in [7, 11) is 0. The number of nitrogens with zero attached hydrogens (tertiary/aromatic N) is 1. The largest absolute Gasteiger partial charge is 0.396 e. The minimum absolute atomic E-state index is 0.0159. The number of aliphatic hydroxyl groups is 2. The van der Waals surface area contributed by atoms with Gasteiger partial charge < -0.3 is 15.5 Å². The van der Waals surface area contributed by atoms with Crippen molar-refractivity contribution < 1.29 is 19.8 Å². The van der Waals surface area contributed by atoms with E-state index in [0.717, 1.165) is 0 Å². The molecule has 0 aliphatic carbocycles. The van der Waals surface area contributed by atoms with Crippen LogP contribution in [-0.2, 0) is 10.4 Å². The summed E-state index contributed by atoms with van der Waals surface area (Å²) >= 11 is 0. The molecule has 6 nitrogen and oxygen atoms in total. The Balaban J connectivity index is 1.76. The van der Waals surface area contributed by atoms with Crippen LogP contribution in [0, 0.1) is 5.92 Å². The van der Waals surface area contributed by atoms with Gasteiger partial charge in [0, 0.05) is 35.0 Å². The van der Waals surface area contributed by atoms with Crippen molar-refractivity contribution in [1.82, 2.24) is 0 Å². The summed E-state index contributed by atoms with van der Waals surface area (Å²) in [6.45, 7) is 1.75. The van der Waals surface area contributed by atoms with Gasteiger partial charge in [0.2, 0.25) is 0 Å². The molecule has 4 rings (SSSR count). The van der Waals surface area contributed by atoms with Crippen LogP contribution in [0.5, 0.6) is 0 Å². The minimum atomic E-state index is -1.83. The quantitative estimate of drug-likeness (QED) is 0.474. The number of fused-ring (bicyclic) bond motifs is 1. The number of rotatable bonds is 7. The zero-order valence-electron chi connectivity index (χ0n) is 18.3. The lowest BCUT2D eigenvalue weighted by Gasteiger charge is -2.27. The van der Waals surface area contributed by atoms with E-state index in [1.54, 1.807) is 61.5 Å². The highest BCUT2D eigenvalue weighted by Crippen LogP contribution is 2.49. The van der Waals surface area contributed by atoms with Crippen LogP contribution in [0.1, 0.15) is 29.3 Å². The maximum atomic E-state index is 13.6. The lowest BCUT2D eigenvalue weighted by Crippen LogP contribution is -2.42. The summed E-state index contributed by atoms with van der Waals surface area (Å²) in [4.78, 5) is 27.8. The van der Waals surface area contributed by atoms with Crippen molar-refractivity contribution in [2.75, 3.05) is 16.8 Å². The number of carbonyl (C=O) groups excluding carboxylic acids is 2. The predicted octanol–water partition coefficient (Wildman–Crippen LogP) is 4.38. The molecule has 1 aliphatic heterocycles. The number of carbonyl (C=O) groups is 2. The molecule has 0 bridgehead atoms. The first-order valence-corrected chi connectivity index (χ1v) is 10.9. The molecule has 0 fully saturated rings. The Labute approximate surface area is 192 Å². The molecule has 2 amide bonds. The average Bonchev–Trinajstić information content (AvgIpc) is 3.07. The summed E-state index contributed by atoms with van der Waals surface area (Å²) < 4.78 is 0. The van der Waals surface area contributed by atoms with Gasteiger partial charge in [0.15, 0.2) is 5.60 Å². The Kier molecular flexibility index (Phi) is 6.40. The molecule has 3 aromatic carbocycles. The van der Waals surface area contributed by atoms with Crippen LogP contribution in [0.25, 0.3) is 0 Å². The number of nitrogens with one attached hydrogen (secondary N) is 1. The number of anilines is 3. The van der Waals surface area contributed by atoms with Crippen molar-refractivity contribution in [3.8, 4) is 0 Å². The number of benzene rings is 3. The Bertz CT molecular complexity index is 1180. The minimum Gasteiger partial charge on any atom is -0.396 e. The molecule has 3 aromatic rings. The molecule has 0 unspecified atom stereocenters. The second kappa shape index (κ2) is 9.40. The molecule has 1 heterocycles. The van der Waals surface area contributed by atoms with Crippen molar-refractivity contribution in [2.45, 2.75) is 18.9 Å². The number of hydrogen-bond acceptors (Lipinski definition) is 4. The Morgan fingerprint density at radius 3 is 2.39 bits per heavy atom. The lowest BCUT2D eigenvalue weighted by molar-refractivity contribution is -0.138. The predicted molar refractivity (Wildman–Crippen MR) is 128 cm³/mol. The van der Waals surface area contributed by atoms with E-state index < -0.39 is 17.4 Å². The van der Waals surface area contributed by atoms with Gasteiger partial charge in [0.25, 0.3) is 11.8 Å². The van der Waals surface area contributed by atoms with Gasteiger partial charge in [-0.3, -0.25) is 14.5 Å². The first kappa shape index (κ1) is 22.5. The molecule has 0 saturated carbocycles. The molecule has 33 heavy (non-hydrogen) atoms. The highest BCUT2D eigenvalue weighted by atomic mass is 16.3. The summed E-state index contributed by atoms with van der Waals surface area (Å²) in [5.41, 5.74) is 0.792. The third kappa shape index (κ3) is 4.18. The first-order chi connectivity index (χ1) is 16.0. The zero-order chi connectivity index (χ0) is 23.4. The summed E-state index contributed by atoms with van der Waals surface area (Å²) in [5.74, 6) is -1.31. The molecule has 1 aliphatic rings. The molecule has 3 N–H and O–H groups in total. The maximum Gasteiger partial charge on any atom is 0.268 e. The van der Waals surface area contributed by atoms with Crippen LogP contribution in [0.3, 0.4) is 0 Å². The van der Waals surface area contributed by atoms with Gasteiger partial charge in [-0.1, -0.05) is 55.5 Å². The second-order valence-electron chi connectivity index (χ2n) is 8.02. The average molecular weight is 443 g/mol. The van der Waals surface area contributed by atoms with Gasteiger partial charge in [0.05, 0.1) is 5.69 Å². The van der Waals surface area contributed by atoms with E-state index in [9.17, 15) is 14.7 Å². The SMILES string of the molecule is C[C@@H](/C=C/CCO)[C@]1(O)C(=O)N(c2ccccc2)c2ccc(NC(=O)c3ccccc3)cc21. The number of amides is 2. The topological polar surface area (TPSA) is 89.9 Å². The van der Waals surface area contributed by atoms with Crippen LogP contribution in [0.4, 0.5) is 17.1 Å². The van der Waals surface area contributed by atoms with E-state index in [1.165, 1.54) is 4.90 Å². The molecular formula is C27H26N2O4. The summed E-state index contributed by atoms with van der Waals surface area (Å²) in [6, 6.07) is 23.1. The van der Waals surface area contributed by atoms with E-state index in [2.05, 4.69) is 5.32 Å². The van der Waals surface area contributed by atoms with Crippen LogP contribution < -0.4 is 10.2 Å². The van der Waals surface area contributed by atoms with Crippen LogP contribution in [-0.4, -0.2) is 28.6 Å². The monoisotopic (exact) mass is 442 g/mol.